The number of likely N-dealkylation sites (tertiary alicyclic amines) is 1. The van der Waals surface area contributed by atoms with E-state index in [1.807, 2.05) is 0 Å². The summed E-state index contributed by atoms with van der Waals surface area (Å²) in [6.07, 6.45) is 2.67. The van der Waals surface area contributed by atoms with Crippen molar-refractivity contribution in [3.63, 3.8) is 0 Å². The molecule has 134 valence electrons. The molecule has 0 radical (unpaired) electrons. The summed E-state index contributed by atoms with van der Waals surface area (Å²) in [5.41, 5.74) is 0. The molecule has 0 atom stereocenters. The van der Waals surface area contributed by atoms with Gasteiger partial charge in [0.1, 0.15) is 12.4 Å². The first-order valence-electron chi connectivity index (χ1n) is 7.97. The van der Waals surface area contributed by atoms with Gasteiger partial charge in [-0.1, -0.05) is 30.3 Å². The summed E-state index contributed by atoms with van der Waals surface area (Å²) >= 11 is 3.66. The molecule has 2 aromatic carbocycles. The van der Waals surface area contributed by atoms with Gasteiger partial charge in [0.25, 0.3) is 0 Å². The molecule has 0 amide bonds. The highest BCUT2D eigenvalue weighted by molar-refractivity contribution is 9.10. The van der Waals surface area contributed by atoms with Gasteiger partial charge in [0.05, 0.1) is 4.47 Å². The van der Waals surface area contributed by atoms with Crippen LogP contribution < -0.4 is 4.74 Å². The molecule has 0 saturated carbocycles. The Morgan fingerprint density at radius 2 is 1.68 bits per heavy atom. The average Bonchev–Trinajstić information content (AvgIpc) is 3.11. The Balaban J connectivity index is 0.000000326. The predicted molar refractivity (Wildman–Crippen MR) is 98.1 cm³/mol. The maximum absolute atomic E-state index is 9.10. The van der Waals surface area contributed by atoms with Crippen LogP contribution in [0.25, 0.3) is 10.8 Å². The van der Waals surface area contributed by atoms with E-state index in [1.165, 1.54) is 36.7 Å². The number of carbonyl (C=O) groups is 2. The number of benzene rings is 2. The second-order valence-corrected chi connectivity index (χ2v) is 6.40. The van der Waals surface area contributed by atoms with Gasteiger partial charge in [0.15, 0.2) is 0 Å². The fraction of sp³-hybridized carbons (Fsp3) is 0.333. The monoisotopic (exact) mass is 409 g/mol. The Bertz CT molecular complexity index is 731. The van der Waals surface area contributed by atoms with Gasteiger partial charge in [0.2, 0.25) is 0 Å². The number of rotatable bonds is 4. The SMILES string of the molecule is Brc1c(OCCN2CCCC2)ccc2ccccc12.O=C(O)C(=O)O. The predicted octanol–water partition coefficient (Wildman–Crippen LogP) is 3.23. The minimum absolute atomic E-state index is 0.761. The van der Waals surface area contributed by atoms with Crippen LogP contribution in [-0.2, 0) is 9.59 Å². The van der Waals surface area contributed by atoms with E-state index < -0.39 is 11.9 Å². The number of aliphatic carboxylic acids is 2. The molecule has 0 bridgehead atoms. The fourth-order valence-electron chi connectivity index (χ4n) is 2.62. The van der Waals surface area contributed by atoms with Crippen LogP contribution in [0.15, 0.2) is 40.9 Å². The quantitative estimate of drug-likeness (QED) is 0.753. The number of carboxylic acids is 2. The Morgan fingerprint density at radius 3 is 2.32 bits per heavy atom. The zero-order valence-electron chi connectivity index (χ0n) is 13.7. The van der Waals surface area contributed by atoms with E-state index in [0.29, 0.717) is 0 Å². The molecule has 1 heterocycles. The van der Waals surface area contributed by atoms with Crippen molar-refractivity contribution in [2.45, 2.75) is 12.8 Å². The third-order valence-electron chi connectivity index (χ3n) is 3.87. The Hall–Kier alpha value is -2.12. The summed E-state index contributed by atoms with van der Waals surface area (Å²) in [6, 6.07) is 12.5. The molecule has 1 aliphatic heterocycles. The zero-order valence-corrected chi connectivity index (χ0v) is 15.2. The molecule has 1 fully saturated rings. The Kier molecular flexibility index (Phi) is 7.21. The highest BCUT2D eigenvalue weighted by atomic mass is 79.9. The van der Waals surface area contributed by atoms with Crippen molar-refractivity contribution in [3.8, 4) is 5.75 Å². The van der Waals surface area contributed by atoms with Crippen LogP contribution in [0.3, 0.4) is 0 Å². The van der Waals surface area contributed by atoms with Gasteiger partial charge in [-0.05, 0) is 58.7 Å². The van der Waals surface area contributed by atoms with E-state index in [-0.39, 0.29) is 0 Å². The van der Waals surface area contributed by atoms with Gasteiger partial charge < -0.3 is 14.9 Å². The molecule has 2 N–H and O–H groups in total. The molecule has 0 aliphatic carbocycles. The number of carboxylic acid groups (broad SMARTS) is 2. The number of fused-ring (bicyclic) bond motifs is 1. The van der Waals surface area contributed by atoms with Gasteiger partial charge in [-0.2, -0.15) is 0 Å². The minimum Gasteiger partial charge on any atom is -0.491 e. The van der Waals surface area contributed by atoms with Crippen molar-refractivity contribution in [1.29, 1.82) is 0 Å². The van der Waals surface area contributed by atoms with Crippen LogP contribution in [-0.4, -0.2) is 53.3 Å². The fourth-order valence-corrected chi connectivity index (χ4v) is 3.22. The average molecular weight is 410 g/mol. The van der Waals surface area contributed by atoms with Gasteiger partial charge in [-0.25, -0.2) is 9.59 Å². The molecule has 7 heteroatoms. The first-order valence-corrected chi connectivity index (χ1v) is 8.77. The third-order valence-corrected chi connectivity index (χ3v) is 4.69. The molecule has 1 saturated heterocycles. The van der Waals surface area contributed by atoms with E-state index >= 15 is 0 Å². The highest BCUT2D eigenvalue weighted by Gasteiger charge is 2.11. The van der Waals surface area contributed by atoms with Crippen molar-refractivity contribution in [2.24, 2.45) is 0 Å². The van der Waals surface area contributed by atoms with Crippen LogP contribution in [0.4, 0.5) is 0 Å². The second kappa shape index (κ2) is 9.39. The molecule has 25 heavy (non-hydrogen) atoms. The van der Waals surface area contributed by atoms with Crippen molar-refractivity contribution >= 4 is 38.6 Å². The van der Waals surface area contributed by atoms with E-state index in [2.05, 4.69) is 57.2 Å². The first kappa shape index (κ1) is 19.2. The second-order valence-electron chi connectivity index (χ2n) is 5.61. The molecule has 2 aromatic rings. The van der Waals surface area contributed by atoms with Crippen LogP contribution >= 0.6 is 15.9 Å². The van der Waals surface area contributed by atoms with Crippen molar-refractivity contribution < 1.29 is 24.5 Å². The van der Waals surface area contributed by atoms with E-state index in [0.717, 1.165) is 23.4 Å². The van der Waals surface area contributed by atoms with Gasteiger partial charge in [-0.15, -0.1) is 0 Å². The van der Waals surface area contributed by atoms with Gasteiger partial charge >= 0.3 is 11.9 Å². The van der Waals surface area contributed by atoms with Gasteiger partial charge in [0, 0.05) is 6.54 Å². The summed E-state index contributed by atoms with van der Waals surface area (Å²) in [6.45, 7) is 4.24. The summed E-state index contributed by atoms with van der Waals surface area (Å²) in [4.78, 5) is 20.7. The molecule has 6 nitrogen and oxygen atoms in total. The zero-order chi connectivity index (χ0) is 18.2. The molecular weight excluding hydrogens is 390 g/mol. The maximum atomic E-state index is 9.10. The van der Waals surface area contributed by atoms with Crippen LogP contribution in [0, 0.1) is 0 Å². The summed E-state index contributed by atoms with van der Waals surface area (Å²) < 4.78 is 6.98. The van der Waals surface area contributed by atoms with E-state index in [9.17, 15) is 0 Å². The highest BCUT2D eigenvalue weighted by Crippen LogP contribution is 2.32. The molecule has 0 aromatic heterocycles. The smallest absolute Gasteiger partial charge is 0.414 e. The van der Waals surface area contributed by atoms with Crippen molar-refractivity contribution in [3.05, 3.63) is 40.9 Å². The number of nitrogens with zero attached hydrogens (tertiary/aromatic N) is 1. The lowest BCUT2D eigenvalue weighted by Crippen LogP contribution is -2.25. The topological polar surface area (TPSA) is 87.1 Å². The lowest BCUT2D eigenvalue weighted by atomic mass is 10.1. The molecular formula is C18H20BrNO5. The normalized spacial score (nSPS) is 14.0. The number of ether oxygens (including phenoxy) is 1. The number of halogens is 1. The summed E-state index contributed by atoms with van der Waals surface area (Å²) in [5, 5.41) is 17.2. The molecule has 0 spiro atoms. The van der Waals surface area contributed by atoms with Gasteiger partial charge in [-0.3, -0.25) is 4.90 Å². The molecule has 1 aliphatic rings. The van der Waals surface area contributed by atoms with Crippen molar-refractivity contribution in [1.82, 2.24) is 4.90 Å². The molecule has 3 rings (SSSR count). The lowest BCUT2D eigenvalue weighted by Gasteiger charge is -2.16. The number of hydrogen-bond acceptors (Lipinski definition) is 4. The maximum Gasteiger partial charge on any atom is 0.414 e. The minimum atomic E-state index is -1.82. The number of hydrogen-bond donors (Lipinski definition) is 2. The van der Waals surface area contributed by atoms with Crippen LogP contribution in [0.5, 0.6) is 5.75 Å². The first-order chi connectivity index (χ1) is 12.0. The summed E-state index contributed by atoms with van der Waals surface area (Å²) in [7, 11) is 0. The van der Waals surface area contributed by atoms with E-state index in [4.69, 9.17) is 24.5 Å². The third kappa shape index (κ3) is 5.72. The van der Waals surface area contributed by atoms with E-state index in [1.54, 1.807) is 0 Å². The Labute approximate surface area is 154 Å². The summed E-state index contributed by atoms with van der Waals surface area (Å²) in [5.74, 6) is -2.71. The molecule has 0 unspecified atom stereocenters. The van der Waals surface area contributed by atoms with Crippen LogP contribution in [0.2, 0.25) is 0 Å². The largest absolute Gasteiger partial charge is 0.491 e. The standard InChI is InChI=1S/C16H18BrNO.C2H2O4/c17-16-14-6-2-1-5-13(14)7-8-15(16)19-12-11-18-9-3-4-10-18;3-1(4)2(5)6/h1-2,5-8H,3-4,9-12H2;(H,3,4)(H,5,6). The van der Waals surface area contributed by atoms with Crippen LogP contribution in [0.1, 0.15) is 12.8 Å². The lowest BCUT2D eigenvalue weighted by molar-refractivity contribution is -0.159. The Morgan fingerprint density at radius 1 is 1.04 bits per heavy atom. The van der Waals surface area contributed by atoms with Crippen molar-refractivity contribution in [2.75, 3.05) is 26.2 Å².